The first-order valence-corrected chi connectivity index (χ1v) is 8.22. The number of methoxy groups -OCH3 is 1. The molecule has 8 heteroatoms. The summed E-state index contributed by atoms with van der Waals surface area (Å²) in [4.78, 5) is 29.7. The van der Waals surface area contributed by atoms with Gasteiger partial charge in [0.05, 0.1) is 19.3 Å². The van der Waals surface area contributed by atoms with Crippen molar-refractivity contribution in [3.63, 3.8) is 0 Å². The molecule has 3 rings (SSSR count). The Kier molecular flexibility index (Phi) is 4.84. The van der Waals surface area contributed by atoms with Crippen LogP contribution in [-0.4, -0.2) is 35.0 Å². The predicted octanol–water partition coefficient (Wildman–Crippen LogP) is 3.42. The highest BCUT2D eigenvalue weighted by molar-refractivity contribution is 9.10. The Morgan fingerprint density at radius 1 is 1.42 bits per heavy atom. The fourth-order valence-corrected chi connectivity index (χ4v) is 2.61. The molecule has 1 aliphatic rings. The molecular formula is C16H16BrN3O4. The minimum Gasteiger partial charge on any atom is -0.464 e. The maximum atomic E-state index is 12.6. The van der Waals surface area contributed by atoms with Crippen LogP contribution in [0, 0.1) is 0 Å². The molecule has 2 amide bonds. The minimum atomic E-state index is -0.569. The Balaban J connectivity index is 1.71. The number of amides is 2. The lowest BCUT2D eigenvalue weighted by Gasteiger charge is -2.21. The van der Waals surface area contributed by atoms with Crippen LogP contribution in [0.1, 0.15) is 29.2 Å². The number of hydrogen-bond acceptors (Lipinski definition) is 5. The predicted molar refractivity (Wildman–Crippen MR) is 89.6 cm³/mol. The van der Waals surface area contributed by atoms with Crippen molar-refractivity contribution >= 4 is 33.6 Å². The number of esters is 1. The molecule has 0 spiro atoms. The molecule has 7 nitrogen and oxygen atoms in total. The average molecular weight is 394 g/mol. The van der Waals surface area contributed by atoms with E-state index in [-0.39, 0.29) is 24.3 Å². The second-order valence-electron chi connectivity index (χ2n) is 5.39. The Labute approximate surface area is 147 Å². The maximum Gasteiger partial charge on any atom is 0.360 e. The van der Waals surface area contributed by atoms with E-state index in [0.717, 1.165) is 17.3 Å². The van der Waals surface area contributed by atoms with Gasteiger partial charge >= 0.3 is 12.0 Å². The number of carbonyl (C=O) groups is 2. The molecule has 1 aliphatic carbocycles. The minimum absolute atomic E-state index is 0.0921. The van der Waals surface area contributed by atoms with Gasteiger partial charge in [0.1, 0.15) is 6.26 Å². The maximum absolute atomic E-state index is 12.6. The topological polar surface area (TPSA) is 84.7 Å². The summed E-state index contributed by atoms with van der Waals surface area (Å²) in [7, 11) is 1.28. The van der Waals surface area contributed by atoms with Gasteiger partial charge in [0, 0.05) is 10.5 Å². The van der Waals surface area contributed by atoms with E-state index in [1.54, 1.807) is 4.90 Å². The van der Waals surface area contributed by atoms with Crippen LogP contribution in [0.2, 0.25) is 0 Å². The van der Waals surface area contributed by atoms with Gasteiger partial charge < -0.3 is 19.4 Å². The van der Waals surface area contributed by atoms with E-state index in [4.69, 9.17) is 4.42 Å². The zero-order valence-electron chi connectivity index (χ0n) is 13.0. The number of hydrogen-bond donors (Lipinski definition) is 1. The van der Waals surface area contributed by atoms with Crippen LogP contribution in [0.5, 0.6) is 0 Å². The van der Waals surface area contributed by atoms with Gasteiger partial charge in [-0.3, -0.25) is 0 Å². The fourth-order valence-electron chi connectivity index (χ4n) is 2.23. The zero-order valence-corrected chi connectivity index (χ0v) is 14.6. The molecule has 0 radical (unpaired) electrons. The van der Waals surface area contributed by atoms with Gasteiger partial charge in [0.25, 0.3) is 0 Å². The lowest BCUT2D eigenvalue weighted by Crippen LogP contribution is -2.36. The highest BCUT2D eigenvalue weighted by Crippen LogP contribution is 2.30. The van der Waals surface area contributed by atoms with Crippen LogP contribution < -0.4 is 5.32 Å². The summed E-state index contributed by atoms with van der Waals surface area (Å²) < 4.78 is 10.7. The first-order valence-electron chi connectivity index (χ1n) is 7.43. The van der Waals surface area contributed by atoms with E-state index in [2.05, 4.69) is 31.0 Å². The van der Waals surface area contributed by atoms with Gasteiger partial charge in [-0.15, -0.1) is 0 Å². The van der Waals surface area contributed by atoms with Gasteiger partial charge in [0.15, 0.2) is 5.69 Å². The Morgan fingerprint density at radius 2 is 2.17 bits per heavy atom. The number of para-hydroxylation sites is 1. The number of aromatic nitrogens is 1. The van der Waals surface area contributed by atoms with Crippen molar-refractivity contribution in [2.45, 2.75) is 25.4 Å². The third kappa shape index (κ3) is 3.76. The van der Waals surface area contributed by atoms with Gasteiger partial charge in [-0.2, -0.15) is 0 Å². The van der Waals surface area contributed by atoms with Crippen LogP contribution in [0.3, 0.4) is 0 Å². The third-order valence-electron chi connectivity index (χ3n) is 3.62. The van der Waals surface area contributed by atoms with Crippen molar-refractivity contribution in [3.05, 3.63) is 46.6 Å². The number of oxazole rings is 1. The third-order valence-corrected chi connectivity index (χ3v) is 4.31. The van der Waals surface area contributed by atoms with Gasteiger partial charge in [0.2, 0.25) is 5.89 Å². The second kappa shape index (κ2) is 7.04. The summed E-state index contributed by atoms with van der Waals surface area (Å²) in [5, 5.41) is 2.87. The van der Waals surface area contributed by atoms with Crippen LogP contribution in [0.15, 0.2) is 39.4 Å². The van der Waals surface area contributed by atoms with Crippen LogP contribution in [0.25, 0.3) is 0 Å². The molecule has 126 valence electrons. The quantitative estimate of drug-likeness (QED) is 0.786. The average Bonchev–Trinajstić information content (AvgIpc) is 3.31. The molecule has 0 saturated heterocycles. The highest BCUT2D eigenvalue weighted by Gasteiger charge is 2.34. The molecule has 2 aromatic rings. The van der Waals surface area contributed by atoms with Crippen LogP contribution in [-0.2, 0) is 11.3 Å². The van der Waals surface area contributed by atoms with Crippen molar-refractivity contribution < 1.29 is 18.7 Å². The molecule has 0 unspecified atom stereocenters. The summed E-state index contributed by atoms with van der Waals surface area (Å²) >= 11 is 3.41. The number of halogens is 1. The summed E-state index contributed by atoms with van der Waals surface area (Å²) in [6, 6.07) is 7.31. The smallest absolute Gasteiger partial charge is 0.360 e. The number of anilines is 1. The first kappa shape index (κ1) is 16.5. The summed E-state index contributed by atoms with van der Waals surface area (Å²) in [6.45, 7) is 0.192. The van der Waals surface area contributed by atoms with Crippen molar-refractivity contribution in [2.75, 3.05) is 12.4 Å². The van der Waals surface area contributed by atoms with Crippen molar-refractivity contribution in [1.82, 2.24) is 9.88 Å². The Hall–Kier alpha value is -2.35. The number of carbonyl (C=O) groups excluding carboxylic acids is 2. The molecule has 1 fully saturated rings. The molecule has 0 aliphatic heterocycles. The standard InChI is InChI=1S/C16H16BrN3O4/c1-23-15(21)13-9-24-14(18-13)8-20(10-6-7-10)16(22)19-12-5-3-2-4-11(12)17/h2-5,9-10H,6-8H2,1H3,(H,19,22). The number of ether oxygens (including phenoxy) is 1. The first-order chi connectivity index (χ1) is 11.6. The monoisotopic (exact) mass is 393 g/mol. The lowest BCUT2D eigenvalue weighted by atomic mass is 10.3. The lowest BCUT2D eigenvalue weighted by molar-refractivity contribution is 0.0594. The highest BCUT2D eigenvalue weighted by atomic mass is 79.9. The zero-order chi connectivity index (χ0) is 17.1. The normalized spacial score (nSPS) is 13.4. The molecule has 24 heavy (non-hydrogen) atoms. The van der Waals surface area contributed by atoms with Crippen molar-refractivity contribution in [1.29, 1.82) is 0 Å². The number of benzene rings is 1. The Bertz CT molecular complexity index is 757. The molecule has 1 aromatic carbocycles. The second-order valence-corrected chi connectivity index (χ2v) is 6.24. The van der Waals surface area contributed by atoms with E-state index in [1.807, 2.05) is 24.3 Å². The molecular weight excluding hydrogens is 378 g/mol. The van der Waals surface area contributed by atoms with Crippen LogP contribution >= 0.6 is 15.9 Å². The number of nitrogens with one attached hydrogen (secondary N) is 1. The van der Waals surface area contributed by atoms with Crippen LogP contribution in [0.4, 0.5) is 10.5 Å². The molecule has 1 heterocycles. The molecule has 0 bridgehead atoms. The van der Waals surface area contributed by atoms with E-state index in [0.29, 0.717) is 11.6 Å². The van der Waals surface area contributed by atoms with E-state index >= 15 is 0 Å². The number of rotatable bonds is 5. The van der Waals surface area contributed by atoms with E-state index < -0.39 is 5.97 Å². The fraction of sp³-hybridized carbons (Fsp3) is 0.312. The summed E-state index contributed by atoms with van der Waals surface area (Å²) in [5.41, 5.74) is 0.783. The SMILES string of the molecule is COC(=O)c1coc(CN(C(=O)Nc2ccccc2Br)C2CC2)n1. The summed E-state index contributed by atoms with van der Waals surface area (Å²) in [5.74, 6) is -0.273. The number of urea groups is 1. The van der Waals surface area contributed by atoms with E-state index in [9.17, 15) is 9.59 Å². The van der Waals surface area contributed by atoms with Crippen molar-refractivity contribution in [3.8, 4) is 0 Å². The van der Waals surface area contributed by atoms with E-state index in [1.165, 1.54) is 13.4 Å². The molecule has 0 atom stereocenters. The largest absolute Gasteiger partial charge is 0.464 e. The van der Waals surface area contributed by atoms with Crippen molar-refractivity contribution in [2.24, 2.45) is 0 Å². The molecule has 1 N–H and O–H groups in total. The molecule has 1 saturated carbocycles. The van der Waals surface area contributed by atoms with Gasteiger partial charge in [-0.1, -0.05) is 12.1 Å². The molecule has 1 aromatic heterocycles. The van der Waals surface area contributed by atoms with Gasteiger partial charge in [-0.05, 0) is 40.9 Å². The number of nitrogens with zero attached hydrogens (tertiary/aromatic N) is 2. The summed E-state index contributed by atoms with van der Waals surface area (Å²) in [6.07, 6.45) is 3.11. The Morgan fingerprint density at radius 3 is 2.83 bits per heavy atom. The van der Waals surface area contributed by atoms with Gasteiger partial charge in [-0.25, -0.2) is 14.6 Å².